The first-order valence-corrected chi connectivity index (χ1v) is 6.03. The van der Waals surface area contributed by atoms with E-state index in [9.17, 15) is 4.79 Å². The molecular formula is C9H18N2OS. The fourth-order valence-corrected chi connectivity index (χ4v) is 2.64. The molecule has 1 saturated heterocycles. The van der Waals surface area contributed by atoms with Crippen molar-refractivity contribution in [2.75, 3.05) is 24.6 Å². The molecule has 1 aliphatic heterocycles. The highest BCUT2D eigenvalue weighted by atomic mass is 32.2. The Bertz CT molecular complexity index is 158. The third kappa shape index (κ3) is 4.52. The molecule has 1 fully saturated rings. The van der Waals surface area contributed by atoms with E-state index in [0.717, 1.165) is 13.0 Å². The molecule has 1 heterocycles. The van der Waals surface area contributed by atoms with E-state index >= 15 is 0 Å². The van der Waals surface area contributed by atoms with Gasteiger partial charge in [-0.05, 0) is 36.8 Å². The summed E-state index contributed by atoms with van der Waals surface area (Å²) < 4.78 is 0. The third-order valence-corrected chi connectivity index (χ3v) is 3.45. The van der Waals surface area contributed by atoms with Gasteiger partial charge in [-0.3, -0.25) is 4.79 Å². The molecule has 3 N–H and O–H groups in total. The van der Waals surface area contributed by atoms with Crippen molar-refractivity contribution in [1.29, 1.82) is 0 Å². The number of amides is 1. The van der Waals surface area contributed by atoms with E-state index in [1.165, 1.54) is 17.9 Å². The number of nitrogens with one attached hydrogen (secondary N) is 1. The Morgan fingerprint density at radius 3 is 3.08 bits per heavy atom. The lowest BCUT2D eigenvalue weighted by Crippen LogP contribution is -2.29. The average Bonchev–Trinajstić information content (AvgIpc) is 2.64. The number of nitrogens with two attached hydrogens (primary N) is 1. The van der Waals surface area contributed by atoms with Gasteiger partial charge in [0.15, 0.2) is 0 Å². The second kappa shape index (κ2) is 6.27. The van der Waals surface area contributed by atoms with Crippen molar-refractivity contribution >= 4 is 17.7 Å². The van der Waals surface area contributed by atoms with Gasteiger partial charge in [0.2, 0.25) is 5.91 Å². The highest BCUT2D eigenvalue weighted by Gasteiger charge is 2.15. The van der Waals surface area contributed by atoms with Crippen molar-refractivity contribution < 1.29 is 4.79 Å². The van der Waals surface area contributed by atoms with E-state index in [-0.39, 0.29) is 5.91 Å². The summed E-state index contributed by atoms with van der Waals surface area (Å²) in [7, 11) is 0. The highest BCUT2D eigenvalue weighted by Crippen LogP contribution is 2.22. The molecular weight excluding hydrogens is 184 g/mol. The smallest absolute Gasteiger partial charge is 0.220 e. The predicted octanol–water partition coefficient (Wildman–Crippen LogP) is 0.595. The Labute approximate surface area is 83.8 Å². The first kappa shape index (κ1) is 10.9. The molecule has 0 spiro atoms. The molecule has 0 aromatic rings. The minimum atomic E-state index is 0.155. The molecule has 1 unspecified atom stereocenters. The summed E-state index contributed by atoms with van der Waals surface area (Å²) in [5, 5.41) is 2.95. The first-order valence-electron chi connectivity index (χ1n) is 4.87. The van der Waals surface area contributed by atoms with Gasteiger partial charge in [-0.15, -0.1) is 0 Å². The largest absolute Gasteiger partial charge is 0.356 e. The summed E-state index contributed by atoms with van der Waals surface area (Å²) >= 11 is 1.98. The van der Waals surface area contributed by atoms with Crippen LogP contribution in [0, 0.1) is 5.92 Å². The molecule has 1 atom stereocenters. The zero-order valence-corrected chi connectivity index (χ0v) is 8.74. The van der Waals surface area contributed by atoms with Crippen LogP contribution in [0.5, 0.6) is 0 Å². The third-order valence-electron chi connectivity index (χ3n) is 2.22. The van der Waals surface area contributed by atoms with Gasteiger partial charge >= 0.3 is 0 Å². The number of hydrogen-bond donors (Lipinski definition) is 2. The van der Waals surface area contributed by atoms with Crippen LogP contribution in [0.4, 0.5) is 0 Å². The lowest BCUT2D eigenvalue weighted by molar-refractivity contribution is -0.121. The molecule has 1 aliphatic rings. The van der Waals surface area contributed by atoms with E-state index in [0.29, 0.717) is 18.9 Å². The van der Waals surface area contributed by atoms with Gasteiger partial charge in [0.1, 0.15) is 0 Å². The average molecular weight is 202 g/mol. The van der Waals surface area contributed by atoms with Gasteiger partial charge in [0, 0.05) is 13.0 Å². The lowest BCUT2D eigenvalue weighted by atomic mass is 10.1. The van der Waals surface area contributed by atoms with Crippen LogP contribution in [-0.2, 0) is 4.79 Å². The molecule has 76 valence electrons. The van der Waals surface area contributed by atoms with Crippen LogP contribution in [-0.4, -0.2) is 30.5 Å². The minimum Gasteiger partial charge on any atom is -0.356 e. The SMILES string of the molecule is NCCCC(=O)NCC1CCSC1. The number of hydrogen-bond acceptors (Lipinski definition) is 3. The summed E-state index contributed by atoms with van der Waals surface area (Å²) in [6.45, 7) is 1.46. The number of thioether (sulfide) groups is 1. The molecule has 3 nitrogen and oxygen atoms in total. The van der Waals surface area contributed by atoms with Gasteiger partial charge in [-0.1, -0.05) is 0 Å². The molecule has 1 amide bonds. The molecule has 0 radical (unpaired) electrons. The summed E-state index contributed by atoms with van der Waals surface area (Å²) in [5.74, 6) is 3.31. The van der Waals surface area contributed by atoms with E-state index in [1.54, 1.807) is 0 Å². The van der Waals surface area contributed by atoms with E-state index < -0.39 is 0 Å². The lowest BCUT2D eigenvalue weighted by Gasteiger charge is -2.09. The summed E-state index contributed by atoms with van der Waals surface area (Å²) in [6.07, 6.45) is 2.63. The Morgan fingerprint density at radius 2 is 2.46 bits per heavy atom. The monoisotopic (exact) mass is 202 g/mol. The Balaban J connectivity index is 2.00. The second-order valence-corrected chi connectivity index (χ2v) is 4.58. The van der Waals surface area contributed by atoms with Crippen LogP contribution in [0.2, 0.25) is 0 Å². The van der Waals surface area contributed by atoms with E-state index in [4.69, 9.17) is 5.73 Å². The van der Waals surface area contributed by atoms with Crippen molar-refractivity contribution in [3.05, 3.63) is 0 Å². The van der Waals surface area contributed by atoms with E-state index in [2.05, 4.69) is 5.32 Å². The van der Waals surface area contributed by atoms with E-state index in [1.807, 2.05) is 11.8 Å². The van der Waals surface area contributed by atoms with Crippen molar-refractivity contribution in [3.8, 4) is 0 Å². The first-order chi connectivity index (χ1) is 6.33. The number of rotatable bonds is 5. The summed E-state index contributed by atoms with van der Waals surface area (Å²) in [5.41, 5.74) is 5.31. The summed E-state index contributed by atoms with van der Waals surface area (Å²) in [6, 6.07) is 0. The Hall–Kier alpha value is -0.220. The van der Waals surface area contributed by atoms with Crippen molar-refractivity contribution in [2.24, 2.45) is 11.7 Å². The number of carbonyl (C=O) groups is 1. The van der Waals surface area contributed by atoms with Gasteiger partial charge < -0.3 is 11.1 Å². The van der Waals surface area contributed by atoms with Crippen LogP contribution in [0.15, 0.2) is 0 Å². The highest BCUT2D eigenvalue weighted by molar-refractivity contribution is 7.99. The van der Waals surface area contributed by atoms with Crippen molar-refractivity contribution in [3.63, 3.8) is 0 Å². The maximum atomic E-state index is 11.2. The molecule has 0 saturated carbocycles. The molecule has 13 heavy (non-hydrogen) atoms. The van der Waals surface area contributed by atoms with Crippen LogP contribution in [0.25, 0.3) is 0 Å². The van der Waals surface area contributed by atoms with Gasteiger partial charge in [0.05, 0.1) is 0 Å². The van der Waals surface area contributed by atoms with Crippen LogP contribution < -0.4 is 11.1 Å². The maximum Gasteiger partial charge on any atom is 0.220 e. The molecule has 0 bridgehead atoms. The zero-order valence-electron chi connectivity index (χ0n) is 7.92. The standard InChI is InChI=1S/C9H18N2OS/c10-4-1-2-9(12)11-6-8-3-5-13-7-8/h8H,1-7,10H2,(H,11,12). The number of carbonyl (C=O) groups excluding carboxylic acids is 1. The van der Waals surface area contributed by atoms with Crippen LogP contribution in [0.1, 0.15) is 19.3 Å². The maximum absolute atomic E-state index is 11.2. The Morgan fingerprint density at radius 1 is 1.62 bits per heavy atom. The fraction of sp³-hybridized carbons (Fsp3) is 0.889. The quantitative estimate of drug-likeness (QED) is 0.686. The molecule has 0 aromatic heterocycles. The van der Waals surface area contributed by atoms with Crippen LogP contribution >= 0.6 is 11.8 Å². The molecule has 0 aromatic carbocycles. The van der Waals surface area contributed by atoms with Crippen molar-refractivity contribution in [1.82, 2.24) is 5.32 Å². The molecule has 1 rings (SSSR count). The van der Waals surface area contributed by atoms with Crippen molar-refractivity contribution in [2.45, 2.75) is 19.3 Å². The fourth-order valence-electron chi connectivity index (χ4n) is 1.35. The topological polar surface area (TPSA) is 55.1 Å². The molecule has 0 aliphatic carbocycles. The minimum absolute atomic E-state index is 0.155. The second-order valence-electron chi connectivity index (χ2n) is 3.43. The van der Waals surface area contributed by atoms with Crippen LogP contribution in [0.3, 0.4) is 0 Å². The normalized spacial score (nSPS) is 21.8. The van der Waals surface area contributed by atoms with Gasteiger partial charge in [-0.2, -0.15) is 11.8 Å². The zero-order chi connectivity index (χ0) is 9.52. The Kier molecular flexibility index (Phi) is 5.23. The van der Waals surface area contributed by atoms with Gasteiger partial charge in [0.25, 0.3) is 0 Å². The summed E-state index contributed by atoms with van der Waals surface area (Å²) in [4.78, 5) is 11.2. The van der Waals surface area contributed by atoms with Gasteiger partial charge in [-0.25, -0.2) is 0 Å². The predicted molar refractivity (Wildman–Crippen MR) is 56.7 cm³/mol. The molecule has 4 heteroatoms.